The molecule has 8 heteroatoms. The monoisotopic (exact) mass is 298 g/mol. The van der Waals surface area contributed by atoms with Gasteiger partial charge in [-0.3, -0.25) is 4.98 Å². The molecule has 2 aromatic heterocycles. The van der Waals surface area contributed by atoms with Gasteiger partial charge in [0.2, 0.25) is 5.95 Å². The molecule has 0 radical (unpaired) electrons. The smallest absolute Gasteiger partial charge is 0.433 e. The number of rotatable bonds is 4. The summed E-state index contributed by atoms with van der Waals surface area (Å²) in [6.45, 7) is 2.24. The van der Waals surface area contributed by atoms with E-state index < -0.39 is 11.9 Å². The number of nitrogens with one attached hydrogen (secondary N) is 1. The van der Waals surface area contributed by atoms with Crippen LogP contribution in [0.5, 0.6) is 5.75 Å². The predicted octanol–water partition coefficient (Wildman–Crippen LogP) is 3.00. The van der Waals surface area contributed by atoms with E-state index in [1.165, 1.54) is 19.4 Å². The number of anilines is 1. The van der Waals surface area contributed by atoms with Crippen LogP contribution in [0.3, 0.4) is 0 Å². The first kappa shape index (κ1) is 15.0. The maximum absolute atomic E-state index is 12.8. The van der Waals surface area contributed by atoms with Gasteiger partial charge in [0.05, 0.1) is 18.5 Å². The molecule has 0 aliphatic carbocycles. The molecule has 0 aliphatic heterocycles. The van der Waals surface area contributed by atoms with Crippen LogP contribution in [0.4, 0.5) is 19.1 Å². The molecule has 0 bridgehead atoms. The highest BCUT2D eigenvalue weighted by molar-refractivity contribution is 5.61. The van der Waals surface area contributed by atoms with E-state index in [-0.39, 0.29) is 11.6 Å². The summed E-state index contributed by atoms with van der Waals surface area (Å²) in [6.07, 6.45) is -1.64. The summed E-state index contributed by atoms with van der Waals surface area (Å²) in [4.78, 5) is 11.4. The van der Waals surface area contributed by atoms with Gasteiger partial charge in [-0.2, -0.15) is 13.2 Å². The molecule has 112 valence electrons. The Hall–Kier alpha value is -2.38. The number of halogens is 3. The molecule has 2 heterocycles. The molecule has 0 unspecified atom stereocenters. The molecule has 5 nitrogen and oxygen atoms in total. The van der Waals surface area contributed by atoms with Crippen LogP contribution in [0, 0.1) is 0 Å². The van der Waals surface area contributed by atoms with Crippen molar-refractivity contribution in [2.75, 3.05) is 19.0 Å². The molecular weight excluding hydrogens is 285 g/mol. The van der Waals surface area contributed by atoms with Gasteiger partial charge in [-0.25, -0.2) is 9.97 Å². The van der Waals surface area contributed by atoms with Gasteiger partial charge in [-0.15, -0.1) is 0 Å². The van der Waals surface area contributed by atoms with Gasteiger partial charge in [0.15, 0.2) is 5.69 Å². The first-order chi connectivity index (χ1) is 9.94. The Morgan fingerprint density at radius 3 is 2.57 bits per heavy atom. The maximum Gasteiger partial charge on any atom is 0.433 e. The zero-order valence-electron chi connectivity index (χ0n) is 11.4. The van der Waals surface area contributed by atoms with Crippen LogP contribution in [0.25, 0.3) is 11.3 Å². The number of pyridine rings is 1. The van der Waals surface area contributed by atoms with Crippen molar-refractivity contribution in [1.82, 2.24) is 15.0 Å². The Morgan fingerprint density at radius 2 is 1.95 bits per heavy atom. The zero-order chi connectivity index (χ0) is 15.5. The van der Waals surface area contributed by atoms with Crippen LogP contribution in [0.2, 0.25) is 0 Å². The van der Waals surface area contributed by atoms with E-state index in [4.69, 9.17) is 4.74 Å². The number of hydrogen-bond donors (Lipinski definition) is 1. The van der Waals surface area contributed by atoms with Crippen molar-refractivity contribution in [3.05, 3.63) is 30.2 Å². The van der Waals surface area contributed by atoms with Gasteiger partial charge in [0.1, 0.15) is 5.75 Å². The zero-order valence-corrected chi connectivity index (χ0v) is 11.4. The summed E-state index contributed by atoms with van der Waals surface area (Å²) in [6, 6.07) is 2.46. The Labute approximate surface area is 119 Å². The van der Waals surface area contributed by atoms with Crippen molar-refractivity contribution in [2.45, 2.75) is 13.1 Å². The molecular formula is C13H13F3N4O. The third-order valence-corrected chi connectivity index (χ3v) is 2.56. The largest absolute Gasteiger partial charge is 0.492 e. The minimum atomic E-state index is -4.55. The van der Waals surface area contributed by atoms with E-state index >= 15 is 0 Å². The van der Waals surface area contributed by atoms with Crippen LogP contribution < -0.4 is 10.1 Å². The second kappa shape index (κ2) is 5.94. The van der Waals surface area contributed by atoms with Crippen LogP contribution in [-0.2, 0) is 6.18 Å². The third kappa shape index (κ3) is 3.59. The number of hydrogen-bond acceptors (Lipinski definition) is 5. The second-order valence-electron chi connectivity index (χ2n) is 4.05. The van der Waals surface area contributed by atoms with Gasteiger partial charge in [0, 0.05) is 18.8 Å². The molecule has 0 spiro atoms. The van der Waals surface area contributed by atoms with Crippen molar-refractivity contribution in [3.63, 3.8) is 0 Å². The summed E-state index contributed by atoms with van der Waals surface area (Å²) in [5.41, 5.74) is -0.472. The van der Waals surface area contributed by atoms with Crippen molar-refractivity contribution >= 4 is 5.95 Å². The molecule has 1 N–H and O–H groups in total. The van der Waals surface area contributed by atoms with E-state index in [2.05, 4.69) is 20.3 Å². The minimum absolute atomic E-state index is 0.110. The fraction of sp³-hybridized carbons (Fsp3) is 0.308. The Bertz CT molecular complexity index is 631. The molecule has 2 rings (SSSR count). The summed E-state index contributed by atoms with van der Waals surface area (Å²) in [5.74, 6) is 0.356. The molecule has 0 saturated carbocycles. The third-order valence-electron chi connectivity index (χ3n) is 2.56. The van der Waals surface area contributed by atoms with Crippen molar-refractivity contribution < 1.29 is 17.9 Å². The van der Waals surface area contributed by atoms with E-state index in [1.807, 2.05) is 0 Å². The number of alkyl halides is 3. The Kier molecular flexibility index (Phi) is 4.25. The van der Waals surface area contributed by atoms with Crippen molar-refractivity contribution in [1.29, 1.82) is 0 Å². The highest BCUT2D eigenvalue weighted by atomic mass is 19.4. The normalized spacial score (nSPS) is 11.3. The Balaban J connectivity index is 2.50. The molecule has 0 saturated heterocycles. The predicted molar refractivity (Wildman–Crippen MR) is 71.0 cm³/mol. The molecule has 21 heavy (non-hydrogen) atoms. The summed E-state index contributed by atoms with van der Waals surface area (Å²) in [7, 11) is 1.45. The minimum Gasteiger partial charge on any atom is -0.492 e. The quantitative estimate of drug-likeness (QED) is 0.940. The fourth-order valence-corrected chi connectivity index (χ4v) is 1.66. The highest BCUT2D eigenvalue weighted by Gasteiger charge is 2.33. The van der Waals surface area contributed by atoms with Gasteiger partial charge < -0.3 is 10.1 Å². The van der Waals surface area contributed by atoms with Crippen LogP contribution >= 0.6 is 0 Å². The molecule has 0 aromatic carbocycles. The number of nitrogens with zero attached hydrogens (tertiary/aromatic N) is 3. The second-order valence-corrected chi connectivity index (χ2v) is 4.05. The van der Waals surface area contributed by atoms with E-state index in [1.54, 1.807) is 13.0 Å². The standard InChI is InChI=1S/C13H13F3N4O/c1-3-21-9-4-8(6-18-7-9)10-5-11(13(14,15)16)20-12(17-2)19-10/h4-7H,3H2,1-2H3,(H,17,19,20). The maximum atomic E-state index is 12.8. The molecule has 0 amide bonds. The van der Waals surface area contributed by atoms with Crippen molar-refractivity contribution in [3.8, 4) is 17.0 Å². The van der Waals surface area contributed by atoms with E-state index in [0.717, 1.165) is 6.07 Å². The highest BCUT2D eigenvalue weighted by Crippen LogP contribution is 2.31. The lowest BCUT2D eigenvalue weighted by atomic mass is 10.2. The van der Waals surface area contributed by atoms with Gasteiger partial charge >= 0.3 is 6.18 Å². The van der Waals surface area contributed by atoms with E-state index in [0.29, 0.717) is 17.9 Å². The molecule has 0 fully saturated rings. The molecule has 0 aliphatic rings. The first-order valence-corrected chi connectivity index (χ1v) is 6.16. The average molecular weight is 298 g/mol. The van der Waals surface area contributed by atoms with Gasteiger partial charge in [0.25, 0.3) is 0 Å². The van der Waals surface area contributed by atoms with E-state index in [9.17, 15) is 13.2 Å². The molecule has 2 aromatic rings. The van der Waals surface area contributed by atoms with Crippen molar-refractivity contribution in [2.24, 2.45) is 0 Å². The number of ether oxygens (including phenoxy) is 1. The topological polar surface area (TPSA) is 59.9 Å². The summed E-state index contributed by atoms with van der Waals surface area (Å²) >= 11 is 0. The van der Waals surface area contributed by atoms with Crippen LogP contribution in [-0.4, -0.2) is 28.6 Å². The molecule has 0 atom stereocenters. The van der Waals surface area contributed by atoms with Crippen LogP contribution in [0.1, 0.15) is 12.6 Å². The fourth-order valence-electron chi connectivity index (χ4n) is 1.66. The summed E-state index contributed by atoms with van der Waals surface area (Å²) in [5, 5.41) is 2.52. The lowest BCUT2D eigenvalue weighted by Gasteiger charge is -2.10. The average Bonchev–Trinajstić information content (AvgIpc) is 2.46. The summed E-state index contributed by atoms with van der Waals surface area (Å²) < 4.78 is 43.8. The number of aromatic nitrogens is 3. The lowest BCUT2D eigenvalue weighted by Crippen LogP contribution is -2.11. The van der Waals surface area contributed by atoms with Gasteiger partial charge in [-0.1, -0.05) is 0 Å². The lowest BCUT2D eigenvalue weighted by molar-refractivity contribution is -0.141. The SMILES string of the molecule is CCOc1cncc(-c2cc(C(F)(F)F)nc(NC)n2)c1. The van der Waals surface area contributed by atoms with Gasteiger partial charge in [-0.05, 0) is 19.1 Å². The Morgan fingerprint density at radius 1 is 1.19 bits per heavy atom. The first-order valence-electron chi connectivity index (χ1n) is 6.16. The van der Waals surface area contributed by atoms with Crippen LogP contribution in [0.15, 0.2) is 24.5 Å².